The van der Waals surface area contributed by atoms with Gasteiger partial charge in [0.2, 0.25) is 0 Å². The molecule has 0 aliphatic rings. The molecule has 28 heavy (non-hydrogen) atoms. The van der Waals surface area contributed by atoms with Crippen LogP contribution in [-0.2, 0) is 0 Å². The second-order valence-electron chi connectivity index (χ2n) is 5.65. The third kappa shape index (κ3) is 4.23. The first-order valence-electron chi connectivity index (χ1n) is 7.91. The summed E-state index contributed by atoms with van der Waals surface area (Å²) in [6.45, 7) is 1.43. The van der Waals surface area contributed by atoms with Crippen LogP contribution in [0, 0.1) is 22.5 Å². The van der Waals surface area contributed by atoms with Crippen molar-refractivity contribution in [3.63, 3.8) is 0 Å². The highest BCUT2D eigenvalue weighted by Crippen LogP contribution is 2.21. The molecule has 0 aliphatic carbocycles. The van der Waals surface area contributed by atoms with E-state index in [1.165, 1.54) is 31.5 Å². The molecule has 144 valence electrons. The Bertz CT molecular complexity index is 1120. The van der Waals surface area contributed by atoms with Gasteiger partial charge in [-0.1, -0.05) is 0 Å². The first kappa shape index (κ1) is 18.8. The minimum absolute atomic E-state index is 0. The number of hydrogen-bond donors (Lipinski definition) is 3. The second-order valence-corrected chi connectivity index (χ2v) is 5.65. The third-order valence-electron chi connectivity index (χ3n) is 3.53. The summed E-state index contributed by atoms with van der Waals surface area (Å²) in [6, 6.07) is 4.77. The number of carbonyl (C=O) groups is 1. The molecule has 0 aliphatic heterocycles. The first-order chi connectivity index (χ1) is 13.3. The molecule has 0 bridgehead atoms. The Morgan fingerprint density at radius 2 is 1.96 bits per heavy atom. The molecule has 0 atom stereocenters. The summed E-state index contributed by atoms with van der Waals surface area (Å²) in [6.07, 6.45) is 4.55. The molecule has 0 spiro atoms. The maximum atomic E-state index is 13.3. The Labute approximate surface area is 159 Å². The Balaban J connectivity index is 0.00000300. The summed E-state index contributed by atoms with van der Waals surface area (Å²) in [4.78, 5) is 20.0. The van der Waals surface area contributed by atoms with Crippen molar-refractivity contribution in [2.24, 2.45) is 0 Å². The first-order valence-corrected chi connectivity index (χ1v) is 7.91. The predicted molar refractivity (Wildman–Crippen MR) is 97.6 cm³/mol. The Morgan fingerprint density at radius 3 is 2.61 bits per heavy atom. The SMILES string of the molecule is CC(=N)n1cc(Oc2cncc(F)c2)cc(C(=O)Nc2ccc(F)cn2)c1=N.[HH]. The number of rotatable bonds is 4. The number of nitrogens with one attached hydrogen (secondary N) is 3. The van der Waals surface area contributed by atoms with Gasteiger partial charge in [-0.2, -0.15) is 0 Å². The fourth-order valence-corrected chi connectivity index (χ4v) is 2.28. The van der Waals surface area contributed by atoms with Crippen LogP contribution in [0.3, 0.4) is 0 Å². The summed E-state index contributed by atoms with van der Waals surface area (Å²) in [5.41, 5.74) is -0.392. The van der Waals surface area contributed by atoms with Gasteiger partial charge in [-0.05, 0) is 25.1 Å². The van der Waals surface area contributed by atoms with Crippen LogP contribution in [0.1, 0.15) is 18.7 Å². The zero-order chi connectivity index (χ0) is 20.3. The monoisotopic (exact) mass is 386 g/mol. The molecular formula is C18H16F2N6O2. The van der Waals surface area contributed by atoms with E-state index in [0.717, 1.165) is 29.1 Å². The molecule has 3 N–H and O–H groups in total. The van der Waals surface area contributed by atoms with E-state index >= 15 is 0 Å². The van der Waals surface area contributed by atoms with E-state index in [1.54, 1.807) is 0 Å². The number of nitrogens with zero attached hydrogens (tertiary/aromatic N) is 3. The molecular weight excluding hydrogens is 370 g/mol. The summed E-state index contributed by atoms with van der Waals surface area (Å²) >= 11 is 0. The Morgan fingerprint density at radius 1 is 1.18 bits per heavy atom. The van der Waals surface area contributed by atoms with Gasteiger partial charge in [0.05, 0.1) is 30.4 Å². The van der Waals surface area contributed by atoms with Crippen molar-refractivity contribution in [3.8, 4) is 11.5 Å². The summed E-state index contributed by atoms with van der Waals surface area (Å²) in [5, 5.41) is 18.4. The van der Waals surface area contributed by atoms with E-state index in [2.05, 4.69) is 15.3 Å². The molecule has 0 fully saturated rings. The van der Waals surface area contributed by atoms with Gasteiger partial charge >= 0.3 is 0 Å². The Hall–Kier alpha value is -3.95. The van der Waals surface area contributed by atoms with Gasteiger partial charge in [-0.25, -0.2) is 13.8 Å². The number of amides is 1. The van der Waals surface area contributed by atoms with E-state index in [1.807, 2.05) is 0 Å². The van der Waals surface area contributed by atoms with Crippen LogP contribution < -0.4 is 15.5 Å². The molecule has 3 aromatic rings. The van der Waals surface area contributed by atoms with Gasteiger partial charge in [0.25, 0.3) is 5.91 Å². The van der Waals surface area contributed by atoms with E-state index < -0.39 is 17.5 Å². The average Bonchev–Trinajstić information content (AvgIpc) is 2.64. The van der Waals surface area contributed by atoms with Crippen molar-refractivity contribution in [1.82, 2.24) is 14.5 Å². The third-order valence-corrected chi connectivity index (χ3v) is 3.53. The summed E-state index contributed by atoms with van der Waals surface area (Å²) in [7, 11) is 0. The highest BCUT2D eigenvalue weighted by Gasteiger charge is 2.15. The van der Waals surface area contributed by atoms with Crippen molar-refractivity contribution in [2.45, 2.75) is 6.92 Å². The fraction of sp³-hybridized carbons (Fsp3) is 0.0556. The number of carbonyl (C=O) groups excluding carboxylic acids is 1. The van der Waals surface area contributed by atoms with E-state index in [9.17, 15) is 13.6 Å². The Kier molecular flexibility index (Phi) is 5.21. The largest absolute Gasteiger partial charge is 0.454 e. The average molecular weight is 386 g/mol. The number of aromatic nitrogens is 3. The lowest BCUT2D eigenvalue weighted by molar-refractivity contribution is 0.102. The van der Waals surface area contributed by atoms with Crippen LogP contribution in [0.4, 0.5) is 14.6 Å². The van der Waals surface area contributed by atoms with Gasteiger partial charge in [0.1, 0.15) is 40.3 Å². The molecule has 1 amide bonds. The minimum atomic E-state index is -0.707. The van der Waals surface area contributed by atoms with Crippen molar-refractivity contribution < 1.29 is 19.7 Å². The van der Waals surface area contributed by atoms with Gasteiger partial charge in [0, 0.05) is 7.49 Å². The number of halogens is 2. The highest BCUT2D eigenvalue weighted by atomic mass is 19.1. The van der Waals surface area contributed by atoms with Crippen LogP contribution in [0.2, 0.25) is 0 Å². The molecule has 0 saturated carbocycles. The minimum Gasteiger partial charge on any atom is -0.454 e. The van der Waals surface area contributed by atoms with E-state index in [-0.39, 0.29) is 35.6 Å². The molecule has 10 heteroatoms. The molecule has 0 aromatic carbocycles. The number of pyridine rings is 3. The van der Waals surface area contributed by atoms with Gasteiger partial charge < -0.3 is 10.1 Å². The number of anilines is 1. The van der Waals surface area contributed by atoms with Crippen molar-refractivity contribution in [1.29, 1.82) is 10.8 Å². The van der Waals surface area contributed by atoms with Crippen LogP contribution in [-0.4, -0.2) is 26.3 Å². The van der Waals surface area contributed by atoms with Crippen molar-refractivity contribution in [2.75, 3.05) is 5.32 Å². The second kappa shape index (κ2) is 7.74. The zero-order valence-corrected chi connectivity index (χ0v) is 14.5. The quantitative estimate of drug-likeness (QED) is 0.472. The maximum absolute atomic E-state index is 13.3. The molecule has 0 saturated heterocycles. The van der Waals surface area contributed by atoms with Crippen LogP contribution in [0.5, 0.6) is 11.5 Å². The predicted octanol–water partition coefficient (Wildman–Crippen LogP) is 3.17. The lowest BCUT2D eigenvalue weighted by atomic mass is 10.2. The molecule has 3 heterocycles. The zero-order valence-electron chi connectivity index (χ0n) is 14.5. The smallest absolute Gasteiger partial charge is 0.260 e. The van der Waals surface area contributed by atoms with Crippen molar-refractivity contribution >= 4 is 17.6 Å². The fourth-order valence-electron chi connectivity index (χ4n) is 2.28. The molecule has 8 nitrogen and oxygen atoms in total. The van der Waals surface area contributed by atoms with Crippen LogP contribution in [0.25, 0.3) is 0 Å². The van der Waals surface area contributed by atoms with Crippen molar-refractivity contribution in [3.05, 3.63) is 71.7 Å². The van der Waals surface area contributed by atoms with Crippen LogP contribution >= 0.6 is 0 Å². The molecule has 3 rings (SSSR count). The summed E-state index contributed by atoms with van der Waals surface area (Å²) in [5.74, 6) is -1.65. The molecule has 0 radical (unpaired) electrons. The number of ether oxygens (including phenoxy) is 1. The van der Waals surface area contributed by atoms with E-state index in [0.29, 0.717) is 0 Å². The van der Waals surface area contributed by atoms with Gasteiger partial charge in [-0.15, -0.1) is 0 Å². The number of hydrogen-bond acceptors (Lipinski definition) is 6. The normalized spacial score (nSPS) is 10.4. The molecule has 3 aromatic heterocycles. The van der Waals surface area contributed by atoms with E-state index in [4.69, 9.17) is 15.6 Å². The lowest BCUT2D eigenvalue weighted by Crippen LogP contribution is -2.32. The van der Waals surface area contributed by atoms with Gasteiger partial charge in [-0.3, -0.25) is 25.2 Å². The summed E-state index contributed by atoms with van der Waals surface area (Å²) < 4.78 is 32.9. The maximum Gasteiger partial charge on any atom is 0.260 e. The lowest BCUT2D eigenvalue weighted by Gasteiger charge is -2.13. The topological polar surface area (TPSA) is 117 Å². The van der Waals surface area contributed by atoms with Crippen LogP contribution in [0.15, 0.2) is 49.1 Å². The van der Waals surface area contributed by atoms with Gasteiger partial charge in [0.15, 0.2) is 0 Å². The highest BCUT2D eigenvalue weighted by molar-refractivity contribution is 6.04. The molecule has 0 unspecified atom stereocenters. The standard InChI is InChI=1S/C18H14F2N6O2.H2/c1-10(21)26-9-14(28-13-4-12(20)6-23-8-13)5-15(17(26)22)18(27)25-16-3-2-11(19)7-24-16;/h2-9,21-22H,1H3,(H,24,25,27);1H.